The van der Waals surface area contributed by atoms with Crippen LogP contribution < -0.4 is 10.1 Å². The second-order valence-corrected chi connectivity index (χ2v) is 9.27. The number of ether oxygens (including phenoxy) is 2. The Hall–Kier alpha value is -2.42. The number of nitrogens with zero attached hydrogens (tertiary/aromatic N) is 1. The summed E-state index contributed by atoms with van der Waals surface area (Å²) in [6, 6.07) is 13.9. The van der Waals surface area contributed by atoms with Crippen molar-refractivity contribution < 1.29 is 22.7 Å². The Morgan fingerprint density at radius 3 is 2.63 bits per heavy atom. The van der Waals surface area contributed by atoms with Crippen molar-refractivity contribution >= 4 is 15.9 Å². The zero-order chi connectivity index (χ0) is 21.6. The third kappa shape index (κ3) is 5.59. The summed E-state index contributed by atoms with van der Waals surface area (Å²) in [5.41, 5.74) is 1.51. The summed E-state index contributed by atoms with van der Waals surface area (Å²) in [5.74, 6) is 0.258. The molecule has 1 aliphatic rings. The van der Waals surface area contributed by atoms with Crippen LogP contribution in [0.3, 0.4) is 0 Å². The van der Waals surface area contributed by atoms with Crippen molar-refractivity contribution in [2.75, 3.05) is 26.8 Å². The molecule has 1 atom stereocenters. The number of hydrogen-bond acceptors (Lipinski definition) is 5. The highest BCUT2D eigenvalue weighted by atomic mass is 32.2. The summed E-state index contributed by atoms with van der Waals surface area (Å²) in [5, 5.41) is 2.80. The number of methoxy groups -OCH3 is 1. The van der Waals surface area contributed by atoms with Crippen molar-refractivity contribution in [3.63, 3.8) is 0 Å². The van der Waals surface area contributed by atoms with E-state index in [1.807, 2.05) is 30.3 Å². The van der Waals surface area contributed by atoms with Crippen molar-refractivity contribution in [1.82, 2.24) is 9.62 Å². The van der Waals surface area contributed by atoms with Crippen LogP contribution in [0.4, 0.5) is 0 Å². The predicted molar refractivity (Wildman–Crippen MR) is 114 cm³/mol. The van der Waals surface area contributed by atoms with Gasteiger partial charge in [-0.3, -0.25) is 4.79 Å². The van der Waals surface area contributed by atoms with E-state index in [2.05, 4.69) is 5.32 Å². The van der Waals surface area contributed by atoms with E-state index in [9.17, 15) is 13.2 Å². The number of hydrogen-bond donors (Lipinski definition) is 1. The van der Waals surface area contributed by atoms with Gasteiger partial charge in [-0.2, -0.15) is 4.31 Å². The average Bonchev–Trinajstić information content (AvgIpc) is 3.26. The topological polar surface area (TPSA) is 84.9 Å². The molecule has 8 heteroatoms. The van der Waals surface area contributed by atoms with Crippen molar-refractivity contribution in [3.05, 3.63) is 59.7 Å². The maximum absolute atomic E-state index is 13.4. The zero-order valence-corrected chi connectivity index (χ0v) is 18.2. The van der Waals surface area contributed by atoms with E-state index < -0.39 is 10.0 Å². The SMILES string of the molecule is COc1ccc(S(=O)(=O)N(CC(=O)NC[C@@H]2CCCO2)Cc2ccccc2)cc1C. The van der Waals surface area contributed by atoms with Crippen LogP contribution >= 0.6 is 0 Å². The molecule has 0 unspecified atom stereocenters. The van der Waals surface area contributed by atoms with Gasteiger partial charge in [-0.1, -0.05) is 30.3 Å². The van der Waals surface area contributed by atoms with Gasteiger partial charge in [0.15, 0.2) is 0 Å². The minimum absolute atomic E-state index is 0.00244. The second kappa shape index (κ2) is 10.1. The van der Waals surface area contributed by atoms with Crippen LogP contribution in [0.15, 0.2) is 53.4 Å². The first kappa shape index (κ1) is 22.3. The van der Waals surface area contributed by atoms with Crippen LogP contribution in [0.25, 0.3) is 0 Å². The molecule has 3 rings (SSSR count). The lowest BCUT2D eigenvalue weighted by Gasteiger charge is -2.23. The van der Waals surface area contributed by atoms with Gasteiger partial charge in [-0.25, -0.2) is 8.42 Å². The van der Waals surface area contributed by atoms with Gasteiger partial charge in [0, 0.05) is 19.7 Å². The number of sulfonamides is 1. The van der Waals surface area contributed by atoms with Gasteiger partial charge in [0.1, 0.15) is 5.75 Å². The normalized spacial score (nSPS) is 16.6. The highest BCUT2D eigenvalue weighted by Crippen LogP contribution is 2.24. The first-order valence-electron chi connectivity index (χ1n) is 9.97. The van der Waals surface area contributed by atoms with Gasteiger partial charge in [-0.15, -0.1) is 0 Å². The molecule has 2 aromatic carbocycles. The Morgan fingerprint density at radius 1 is 1.23 bits per heavy atom. The molecule has 1 N–H and O–H groups in total. The van der Waals surface area contributed by atoms with Gasteiger partial charge in [0.25, 0.3) is 0 Å². The molecule has 1 saturated heterocycles. The second-order valence-electron chi connectivity index (χ2n) is 7.33. The number of amides is 1. The minimum Gasteiger partial charge on any atom is -0.496 e. The first-order valence-corrected chi connectivity index (χ1v) is 11.4. The zero-order valence-electron chi connectivity index (χ0n) is 17.3. The van der Waals surface area contributed by atoms with Crippen LogP contribution in [0.1, 0.15) is 24.0 Å². The van der Waals surface area contributed by atoms with Gasteiger partial charge in [-0.05, 0) is 49.1 Å². The Kier molecular flexibility index (Phi) is 7.47. The highest BCUT2D eigenvalue weighted by molar-refractivity contribution is 7.89. The molecule has 1 aliphatic heterocycles. The lowest BCUT2D eigenvalue weighted by molar-refractivity contribution is -0.121. The molecule has 1 fully saturated rings. The number of aryl methyl sites for hydroxylation is 1. The largest absolute Gasteiger partial charge is 0.496 e. The minimum atomic E-state index is -3.89. The van der Waals surface area contributed by atoms with Gasteiger partial charge in [0.05, 0.1) is 24.7 Å². The maximum Gasteiger partial charge on any atom is 0.243 e. The lowest BCUT2D eigenvalue weighted by Crippen LogP contribution is -2.42. The van der Waals surface area contributed by atoms with E-state index in [1.165, 1.54) is 17.5 Å². The summed E-state index contributed by atoms with van der Waals surface area (Å²) in [4.78, 5) is 12.7. The molecule has 2 aromatic rings. The summed E-state index contributed by atoms with van der Waals surface area (Å²) in [6.07, 6.45) is 1.88. The van der Waals surface area contributed by atoms with E-state index in [-0.39, 0.29) is 30.0 Å². The number of carbonyl (C=O) groups is 1. The standard InChI is InChI=1S/C22H28N2O5S/c1-17-13-20(10-11-21(17)28-2)30(26,27)24(15-18-7-4-3-5-8-18)16-22(25)23-14-19-9-6-12-29-19/h3-5,7-8,10-11,13,19H,6,9,12,14-16H2,1-2H3,(H,23,25)/t19-/m0/s1. The van der Waals surface area contributed by atoms with E-state index in [1.54, 1.807) is 19.1 Å². The number of nitrogens with one attached hydrogen (secondary N) is 1. The molecular formula is C22H28N2O5S. The van der Waals surface area contributed by atoms with Crippen LogP contribution in [0.2, 0.25) is 0 Å². The van der Waals surface area contributed by atoms with Gasteiger partial charge in [0.2, 0.25) is 15.9 Å². The molecule has 1 heterocycles. The third-order valence-electron chi connectivity index (χ3n) is 5.08. The predicted octanol–water partition coefficient (Wildman–Crippen LogP) is 2.49. The Labute approximate surface area is 178 Å². The van der Waals surface area contributed by atoms with E-state index >= 15 is 0 Å². The first-order chi connectivity index (χ1) is 14.4. The smallest absolute Gasteiger partial charge is 0.243 e. The summed E-state index contributed by atoms with van der Waals surface area (Å²) in [6.45, 7) is 2.70. The highest BCUT2D eigenvalue weighted by Gasteiger charge is 2.28. The number of benzene rings is 2. The van der Waals surface area contributed by atoms with Crippen LogP contribution in [0.5, 0.6) is 5.75 Å². The van der Waals surface area contributed by atoms with E-state index in [0.717, 1.165) is 18.4 Å². The Bertz CT molecular complexity index is 957. The molecule has 1 amide bonds. The molecule has 7 nitrogen and oxygen atoms in total. The fourth-order valence-corrected chi connectivity index (χ4v) is 4.89. The quantitative estimate of drug-likeness (QED) is 0.658. The Morgan fingerprint density at radius 2 is 2.00 bits per heavy atom. The molecule has 0 aliphatic carbocycles. The molecule has 0 spiro atoms. The van der Waals surface area contributed by atoms with E-state index in [4.69, 9.17) is 9.47 Å². The molecule has 30 heavy (non-hydrogen) atoms. The van der Waals surface area contributed by atoms with Crippen LogP contribution in [-0.2, 0) is 26.1 Å². The lowest BCUT2D eigenvalue weighted by atomic mass is 10.2. The van der Waals surface area contributed by atoms with Crippen molar-refractivity contribution in [1.29, 1.82) is 0 Å². The van der Waals surface area contributed by atoms with Crippen molar-refractivity contribution in [3.8, 4) is 5.75 Å². The van der Waals surface area contributed by atoms with Crippen LogP contribution in [-0.4, -0.2) is 51.5 Å². The van der Waals surface area contributed by atoms with Crippen LogP contribution in [0, 0.1) is 6.92 Å². The van der Waals surface area contributed by atoms with E-state index in [0.29, 0.717) is 24.5 Å². The molecule has 0 radical (unpaired) electrons. The molecule has 0 saturated carbocycles. The average molecular weight is 433 g/mol. The number of carbonyl (C=O) groups excluding carboxylic acids is 1. The van der Waals surface area contributed by atoms with Crippen molar-refractivity contribution in [2.24, 2.45) is 0 Å². The molecule has 0 bridgehead atoms. The van der Waals surface area contributed by atoms with Gasteiger partial charge >= 0.3 is 0 Å². The van der Waals surface area contributed by atoms with Gasteiger partial charge < -0.3 is 14.8 Å². The monoisotopic (exact) mass is 432 g/mol. The molecular weight excluding hydrogens is 404 g/mol. The van der Waals surface area contributed by atoms with Crippen molar-refractivity contribution in [2.45, 2.75) is 37.3 Å². The molecule has 0 aromatic heterocycles. The Balaban J connectivity index is 1.80. The summed E-state index contributed by atoms with van der Waals surface area (Å²) >= 11 is 0. The number of rotatable bonds is 9. The fraction of sp³-hybridized carbons (Fsp3) is 0.409. The summed E-state index contributed by atoms with van der Waals surface area (Å²) < 4.78 is 38.7. The summed E-state index contributed by atoms with van der Waals surface area (Å²) in [7, 11) is -2.36. The molecule has 162 valence electrons. The maximum atomic E-state index is 13.4. The fourth-order valence-electron chi connectivity index (χ4n) is 3.42. The third-order valence-corrected chi connectivity index (χ3v) is 6.86.